The molecule has 4 heteroatoms. The fraction of sp³-hybridized carbons (Fsp3) is 0.167. The van der Waals surface area contributed by atoms with Crippen molar-refractivity contribution in [2.45, 2.75) is 13.3 Å². The number of Topliss-reactive ketones (excluding diaryl/α,β-unsaturated/α-hetero) is 2. The quantitative estimate of drug-likeness (QED) is 0.614. The molecule has 16 heavy (non-hydrogen) atoms. The van der Waals surface area contributed by atoms with Crippen LogP contribution in [-0.2, 0) is 4.79 Å². The Bertz CT molecular complexity index is 460. The molecule has 0 amide bonds. The van der Waals surface area contributed by atoms with Gasteiger partial charge in [-0.15, -0.1) is 0 Å². The Labute approximate surface area is 92.9 Å². The van der Waals surface area contributed by atoms with E-state index in [1.807, 2.05) is 0 Å². The molecule has 0 aliphatic rings. The van der Waals surface area contributed by atoms with E-state index in [4.69, 9.17) is 12.0 Å². The van der Waals surface area contributed by atoms with Gasteiger partial charge in [-0.05, 0) is 18.6 Å². The number of hydrogen-bond acceptors (Lipinski definition) is 3. The molecule has 0 unspecified atom stereocenters. The zero-order valence-corrected chi connectivity index (χ0v) is 8.69. The molecule has 0 atom stereocenters. The lowest BCUT2D eigenvalue weighted by molar-refractivity contribution is -0.114. The van der Waals surface area contributed by atoms with Crippen LogP contribution >= 0.6 is 0 Å². The predicted molar refractivity (Wildman–Crippen MR) is 56.4 cm³/mol. The molecule has 1 aromatic carbocycles. The average molecular weight is 218 g/mol. The first-order valence-electron chi connectivity index (χ1n) is 4.57. The second-order valence-electron chi connectivity index (χ2n) is 3.40. The third-order valence-corrected chi connectivity index (χ3v) is 2.12. The highest BCUT2D eigenvalue weighted by molar-refractivity contribution is 6.09. The molecule has 0 fully saturated rings. The van der Waals surface area contributed by atoms with Gasteiger partial charge < -0.3 is 5.11 Å². The maximum absolute atomic E-state index is 11.4. The summed E-state index contributed by atoms with van der Waals surface area (Å²) in [5.41, 5.74) is 0.792. The summed E-state index contributed by atoms with van der Waals surface area (Å²) in [6, 6.07) is 4.26. The zero-order valence-electron chi connectivity index (χ0n) is 8.69. The van der Waals surface area contributed by atoms with E-state index in [-0.39, 0.29) is 11.1 Å². The summed E-state index contributed by atoms with van der Waals surface area (Å²) in [5, 5.41) is 8.85. The Morgan fingerprint density at radius 3 is 2.44 bits per heavy atom. The fourth-order valence-electron chi connectivity index (χ4n) is 1.29. The van der Waals surface area contributed by atoms with Crippen LogP contribution in [0.4, 0.5) is 0 Å². The van der Waals surface area contributed by atoms with Crippen molar-refractivity contribution < 1.29 is 19.5 Å². The van der Waals surface area contributed by atoms with Crippen LogP contribution in [0.25, 0.3) is 0 Å². The van der Waals surface area contributed by atoms with Crippen LogP contribution in [-0.4, -0.2) is 22.6 Å². The van der Waals surface area contributed by atoms with Crippen molar-refractivity contribution in [2.24, 2.45) is 0 Å². The van der Waals surface area contributed by atoms with E-state index < -0.39 is 24.0 Å². The van der Waals surface area contributed by atoms with Gasteiger partial charge in [0.15, 0.2) is 5.78 Å². The summed E-state index contributed by atoms with van der Waals surface area (Å²) < 4.78 is 0. The van der Waals surface area contributed by atoms with Crippen LogP contribution in [0, 0.1) is 13.8 Å². The minimum atomic E-state index is -1.11. The standard InChI is InChI=1S/C12H10O4/c1-7-3-4-9(6-10(7)12(15)16)11(14)5-8(2)13/h2-4,6H,5H2,1H3,(H,15,16). The van der Waals surface area contributed by atoms with Crippen LogP contribution < -0.4 is 0 Å². The Balaban J connectivity index is 3.08. The van der Waals surface area contributed by atoms with E-state index >= 15 is 0 Å². The molecule has 1 aromatic rings. The topological polar surface area (TPSA) is 71.4 Å². The molecule has 0 spiro atoms. The second kappa shape index (κ2) is 4.70. The molecule has 4 nitrogen and oxygen atoms in total. The average Bonchev–Trinajstić information content (AvgIpc) is 2.16. The SMILES string of the molecule is [CH]C(=O)CC(=O)c1ccc(C)c(C(=O)O)c1. The maximum atomic E-state index is 11.4. The molecule has 82 valence electrons. The summed E-state index contributed by atoms with van der Waals surface area (Å²) in [5.74, 6) is -2.32. The van der Waals surface area contributed by atoms with E-state index in [9.17, 15) is 14.4 Å². The number of carbonyl (C=O) groups excluding carboxylic acids is 2. The lowest BCUT2D eigenvalue weighted by atomic mass is 10.0. The van der Waals surface area contributed by atoms with Crippen LogP contribution in [0.2, 0.25) is 0 Å². The van der Waals surface area contributed by atoms with Gasteiger partial charge in [0.1, 0.15) is 5.78 Å². The number of ketones is 2. The van der Waals surface area contributed by atoms with Gasteiger partial charge in [0.2, 0.25) is 0 Å². The second-order valence-corrected chi connectivity index (χ2v) is 3.40. The van der Waals surface area contributed by atoms with Crippen molar-refractivity contribution in [1.82, 2.24) is 0 Å². The molecular weight excluding hydrogens is 208 g/mol. The van der Waals surface area contributed by atoms with Gasteiger partial charge in [0.25, 0.3) is 0 Å². The largest absolute Gasteiger partial charge is 0.478 e. The Morgan fingerprint density at radius 2 is 1.94 bits per heavy atom. The summed E-state index contributed by atoms with van der Waals surface area (Å²) >= 11 is 0. The van der Waals surface area contributed by atoms with Crippen molar-refractivity contribution in [3.05, 3.63) is 41.8 Å². The molecular formula is C12H10O4. The molecule has 0 saturated carbocycles. The number of aryl methyl sites for hydroxylation is 1. The molecule has 0 aliphatic heterocycles. The van der Waals surface area contributed by atoms with Crippen LogP contribution in [0.3, 0.4) is 0 Å². The third-order valence-electron chi connectivity index (χ3n) is 2.12. The van der Waals surface area contributed by atoms with Crippen molar-refractivity contribution in [2.75, 3.05) is 0 Å². The first kappa shape index (κ1) is 12.1. The normalized spacial score (nSPS) is 9.88. The van der Waals surface area contributed by atoms with Gasteiger partial charge in [0.05, 0.1) is 12.0 Å². The minimum Gasteiger partial charge on any atom is -0.478 e. The zero-order chi connectivity index (χ0) is 12.3. The molecule has 0 bridgehead atoms. The Hall–Kier alpha value is -1.97. The molecule has 0 aromatic heterocycles. The minimum absolute atomic E-state index is 0.0512. The van der Waals surface area contributed by atoms with E-state index in [2.05, 4.69) is 0 Å². The first-order chi connectivity index (χ1) is 7.41. The summed E-state index contributed by atoms with van der Waals surface area (Å²) in [6.45, 7) is 6.51. The van der Waals surface area contributed by atoms with Gasteiger partial charge in [-0.25, -0.2) is 4.79 Å². The first-order valence-corrected chi connectivity index (χ1v) is 4.57. The van der Waals surface area contributed by atoms with E-state index in [0.717, 1.165) is 0 Å². The number of carboxylic acid groups (broad SMARTS) is 1. The van der Waals surface area contributed by atoms with E-state index in [1.54, 1.807) is 6.92 Å². The van der Waals surface area contributed by atoms with Gasteiger partial charge in [0, 0.05) is 12.5 Å². The lowest BCUT2D eigenvalue weighted by Crippen LogP contribution is -2.08. The van der Waals surface area contributed by atoms with E-state index in [1.165, 1.54) is 18.2 Å². The van der Waals surface area contributed by atoms with E-state index in [0.29, 0.717) is 5.56 Å². The van der Waals surface area contributed by atoms with Gasteiger partial charge >= 0.3 is 5.97 Å². The molecule has 0 aliphatic carbocycles. The Kier molecular flexibility index (Phi) is 3.55. The van der Waals surface area contributed by atoms with Crippen molar-refractivity contribution in [3.8, 4) is 0 Å². The molecule has 2 radical (unpaired) electrons. The highest BCUT2D eigenvalue weighted by Crippen LogP contribution is 2.13. The van der Waals surface area contributed by atoms with Gasteiger partial charge in [-0.1, -0.05) is 12.1 Å². The van der Waals surface area contributed by atoms with Gasteiger partial charge in [-0.2, -0.15) is 0 Å². The monoisotopic (exact) mass is 218 g/mol. The predicted octanol–water partition coefficient (Wildman–Crippen LogP) is 1.55. The highest BCUT2D eigenvalue weighted by Gasteiger charge is 2.13. The van der Waals surface area contributed by atoms with Crippen LogP contribution in [0.15, 0.2) is 18.2 Å². The number of rotatable bonds is 4. The Morgan fingerprint density at radius 1 is 1.31 bits per heavy atom. The number of carboxylic acids is 1. The number of benzene rings is 1. The molecule has 1 rings (SSSR count). The van der Waals surface area contributed by atoms with Crippen molar-refractivity contribution in [1.29, 1.82) is 0 Å². The summed E-state index contributed by atoms with van der Waals surface area (Å²) in [4.78, 5) is 32.8. The summed E-state index contributed by atoms with van der Waals surface area (Å²) in [6.07, 6.45) is -0.415. The van der Waals surface area contributed by atoms with Crippen molar-refractivity contribution >= 4 is 17.5 Å². The summed E-state index contributed by atoms with van der Waals surface area (Å²) in [7, 11) is 0. The van der Waals surface area contributed by atoms with Gasteiger partial charge in [-0.3, -0.25) is 9.59 Å². The number of aromatic carboxylic acids is 1. The highest BCUT2D eigenvalue weighted by atomic mass is 16.4. The third kappa shape index (κ3) is 2.76. The number of carbonyl (C=O) groups is 3. The number of hydrogen-bond donors (Lipinski definition) is 1. The molecule has 1 N–H and O–H groups in total. The molecule has 0 saturated heterocycles. The maximum Gasteiger partial charge on any atom is 0.335 e. The molecule has 0 heterocycles. The van der Waals surface area contributed by atoms with Crippen LogP contribution in [0.1, 0.15) is 32.7 Å². The van der Waals surface area contributed by atoms with Crippen molar-refractivity contribution in [3.63, 3.8) is 0 Å². The van der Waals surface area contributed by atoms with Crippen LogP contribution in [0.5, 0.6) is 0 Å². The lowest BCUT2D eigenvalue weighted by Gasteiger charge is -2.03. The fourth-order valence-corrected chi connectivity index (χ4v) is 1.29. The smallest absolute Gasteiger partial charge is 0.335 e.